The molecule has 1 aliphatic heterocycles. The van der Waals surface area contributed by atoms with Crippen LogP contribution < -0.4 is 10.1 Å². The van der Waals surface area contributed by atoms with Crippen molar-refractivity contribution in [3.05, 3.63) is 87.5 Å². The van der Waals surface area contributed by atoms with Gasteiger partial charge in [0.05, 0.1) is 11.6 Å². The molecule has 1 heterocycles. The van der Waals surface area contributed by atoms with Crippen LogP contribution in [0.2, 0.25) is 0 Å². The number of hydrogen-bond donors (Lipinski definition) is 1. The van der Waals surface area contributed by atoms with E-state index in [1.54, 1.807) is 0 Å². The Bertz CT molecular complexity index is 877. The van der Waals surface area contributed by atoms with Gasteiger partial charge in [-0.1, -0.05) is 48.5 Å². The molecule has 0 atom stereocenters. The molecule has 3 aromatic rings. The Kier molecular flexibility index (Phi) is 3.98. The van der Waals surface area contributed by atoms with Crippen LogP contribution in [0.1, 0.15) is 17.0 Å². The Labute approximate surface area is 153 Å². The number of carbonyl (C=O) groups is 1. The van der Waals surface area contributed by atoms with Crippen LogP contribution in [0.4, 0.5) is 5.69 Å². The number of para-hydroxylation sites is 3. The molecule has 0 aromatic heterocycles. The van der Waals surface area contributed by atoms with Crippen LogP contribution in [0.3, 0.4) is 0 Å². The number of nitrogens with one attached hydrogen (secondary N) is 1. The molecule has 24 heavy (non-hydrogen) atoms. The molecule has 0 radical (unpaired) electrons. The maximum absolute atomic E-state index is 13.1. The fraction of sp³-hybridized carbons (Fsp3) is 0.0500. The number of ether oxygens (including phenoxy) is 1. The molecule has 0 saturated carbocycles. The summed E-state index contributed by atoms with van der Waals surface area (Å²) in [5.41, 5.74) is 2.60. The van der Waals surface area contributed by atoms with E-state index in [1.165, 1.54) is 0 Å². The minimum atomic E-state index is -0.387. The summed E-state index contributed by atoms with van der Waals surface area (Å²) in [6.07, 6.45) is 0. The lowest BCUT2D eigenvalue weighted by Crippen LogP contribution is -2.25. The Hall–Kier alpha value is -2.34. The van der Waals surface area contributed by atoms with Crippen LogP contribution in [0, 0.1) is 3.57 Å². The molecule has 0 unspecified atom stereocenters. The van der Waals surface area contributed by atoms with Gasteiger partial charge in [-0.15, -0.1) is 0 Å². The monoisotopic (exact) mass is 427 g/mol. The lowest BCUT2D eigenvalue weighted by Gasteiger charge is -2.27. The first-order valence-electron chi connectivity index (χ1n) is 7.65. The van der Waals surface area contributed by atoms with Gasteiger partial charge < -0.3 is 10.1 Å². The van der Waals surface area contributed by atoms with Crippen LogP contribution >= 0.6 is 22.6 Å². The summed E-state index contributed by atoms with van der Waals surface area (Å²) in [6, 6.07) is 23.2. The summed E-state index contributed by atoms with van der Waals surface area (Å²) in [4.78, 5) is 13.1. The Morgan fingerprint density at radius 1 is 0.833 bits per heavy atom. The van der Waals surface area contributed by atoms with E-state index in [0.29, 0.717) is 0 Å². The SMILES string of the molecule is O=C(Nc1ccccc1I)C1c2ccccc2Oc2ccccc21. The molecule has 1 N–H and O–H groups in total. The zero-order valence-corrected chi connectivity index (χ0v) is 14.9. The second kappa shape index (κ2) is 6.28. The molecule has 0 spiro atoms. The number of carbonyl (C=O) groups excluding carboxylic acids is 1. The van der Waals surface area contributed by atoms with Gasteiger partial charge >= 0.3 is 0 Å². The van der Waals surface area contributed by atoms with Crippen molar-refractivity contribution in [1.82, 2.24) is 0 Å². The first-order valence-corrected chi connectivity index (χ1v) is 8.73. The Morgan fingerprint density at radius 3 is 2.00 bits per heavy atom. The maximum atomic E-state index is 13.1. The van der Waals surface area contributed by atoms with Crippen LogP contribution in [0.5, 0.6) is 11.5 Å². The normalized spacial score (nSPS) is 12.7. The standard InChI is InChI=1S/C20H14INO2/c21-15-9-3-4-10-16(15)22-20(23)19-13-7-1-5-11-17(13)24-18-12-6-2-8-14(18)19/h1-12,19H,(H,22,23). The fourth-order valence-corrected chi connectivity index (χ4v) is 3.48. The number of benzene rings is 3. The van der Waals surface area contributed by atoms with Gasteiger partial charge in [0.2, 0.25) is 5.91 Å². The maximum Gasteiger partial charge on any atom is 0.236 e. The number of rotatable bonds is 2. The number of amides is 1. The molecule has 0 saturated heterocycles. The van der Waals surface area contributed by atoms with Gasteiger partial charge in [-0.3, -0.25) is 4.79 Å². The second-order valence-corrected chi connectivity index (χ2v) is 6.74. The van der Waals surface area contributed by atoms with Gasteiger partial charge in [-0.05, 0) is 46.9 Å². The third-order valence-electron chi connectivity index (χ3n) is 4.07. The molecule has 4 rings (SSSR count). The van der Waals surface area contributed by atoms with E-state index in [2.05, 4.69) is 27.9 Å². The highest BCUT2D eigenvalue weighted by atomic mass is 127. The van der Waals surface area contributed by atoms with Crippen molar-refractivity contribution < 1.29 is 9.53 Å². The Morgan fingerprint density at radius 2 is 1.38 bits per heavy atom. The number of anilines is 1. The van der Waals surface area contributed by atoms with Crippen LogP contribution in [-0.2, 0) is 4.79 Å². The third kappa shape index (κ3) is 2.67. The van der Waals surface area contributed by atoms with E-state index >= 15 is 0 Å². The average Bonchev–Trinajstić information content (AvgIpc) is 2.61. The van der Waals surface area contributed by atoms with Crippen molar-refractivity contribution in [3.63, 3.8) is 0 Å². The van der Waals surface area contributed by atoms with E-state index in [1.807, 2.05) is 72.8 Å². The molecule has 0 aliphatic carbocycles. The van der Waals surface area contributed by atoms with Gasteiger partial charge in [-0.25, -0.2) is 0 Å². The fourth-order valence-electron chi connectivity index (χ4n) is 2.96. The molecular weight excluding hydrogens is 413 g/mol. The largest absolute Gasteiger partial charge is 0.457 e. The minimum absolute atomic E-state index is 0.0534. The predicted octanol–water partition coefficient (Wildman–Crippen LogP) is 5.17. The summed E-state index contributed by atoms with van der Waals surface area (Å²) >= 11 is 2.23. The predicted molar refractivity (Wildman–Crippen MR) is 103 cm³/mol. The average molecular weight is 427 g/mol. The lowest BCUT2D eigenvalue weighted by atomic mass is 9.87. The highest BCUT2D eigenvalue weighted by Crippen LogP contribution is 2.44. The van der Waals surface area contributed by atoms with Gasteiger partial charge in [0, 0.05) is 14.7 Å². The van der Waals surface area contributed by atoms with Crippen molar-refractivity contribution in [2.45, 2.75) is 5.92 Å². The van der Waals surface area contributed by atoms with Crippen LogP contribution in [0.25, 0.3) is 0 Å². The zero-order valence-electron chi connectivity index (χ0n) is 12.7. The third-order valence-corrected chi connectivity index (χ3v) is 5.01. The highest BCUT2D eigenvalue weighted by Gasteiger charge is 2.32. The van der Waals surface area contributed by atoms with E-state index in [9.17, 15) is 4.79 Å². The Balaban J connectivity index is 1.77. The molecule has 3 aromatic carbocycles. The van der Waals surface area contributed by atoms with E-state index in [0.717, 1.165) is 31.9 Å². The van der Waals surface area contributed by atoms with Crippen molar-refractivity contribution >= 4 is 34.2 Å². The summed E-state index contributed by atoms with van der Waals surface area (Å²) in [6.45, 7) is 0. The first-order chi connectivity index (χ1) is 11.7. The van der Waals surface area contributed by atoms with Crippen molar-refractivity contribution in [3.8, 4) is 11.5 Å². The first kappa shape index (κ1) is 15.2. The zero-order chi connectivity index (χ0) is 16.5. The second-order valence-electron chi connectivity index (χ2n) is 5.58. The molecular formula is C20H14INO2. The van der Waals surface area contributed by atoms with Crippen LogP contribution in [-0.4, -0.2) is 5.91 Å². The van der Waals surface area contributed by atoms with Gasteiger partial charge in [0.25, 0.3) is 0 Å². The van der Waals surface area contributed by atoms with Crippen LogP contribution in [0.15, 0.2) is 72.8 Å². The molecule has 0 bridgehead atoms. The number of fused-ring (bicyclic) bond motifs is 2. The summed E-state index contributed by atoms with van der Waals surface area (Å²) in [5.74, 6) is 1.03. The van der Waals surface area contributed by atoms with Crippen molar-refractivity contribution in [1.29, 1.82) is 0 Å². The molecule has 3 nitrogen and oxygen atoms in total. The molecule has 1 aliphatic rings. The molecule has 1 amide bonds. The highest BCUT2D eigenvalue weighted by molar-refractivity contribution is 14.1. The summed E-state index contributed by atoms with van der Waals surface area (Å²) < 4.78 is 6.96. The molecule has 118 valence electrons. The van der Waals surface area contributed by atoms with Gasteiger partial charge in [0.1, 0.15) is 11.5 Å². The molecule has 4 heteroatoms. The van der Waals surface area contributed by atoms with E-state index in [4.69, 9.17) is 4.74 Å². The topological polar surface area (TPSA) is 38.3 Å². The number of hydrogen-bond acceptors (Lipinski definition) is 2. The smallest absolute Gasteiger partial charge is 0.236 e. The quantitative estimate of drug-likeness (QED) is 0.574. The van der Waals surface area contributed by atoms with Crippen molar-refractivity contribution in [2.24, 2.45) is 0 Å². The van der Waals surface area contributed by atoms with Crippen molar-refractivity contribution in [2.75, 3.05) is 5.32 Å². The molecule has 0 fully saturated rings. The van der Waals surface area contributed by atoms with E-state index in [-0.39, 0.29) is 11.8 Å². The summed E-state index contributed by atoms with van der Waals surface area (Å²) in [5, 5.41) is 3.06. The van der Waals surface area contributed by atoms with Gasteiger partial charge in [-0.2, -0.15) is 0 Å². The van der Waals surface area contributed by atoms with Gasteiger partial charge in [0.15, 0.2) is 0 Å². The number of halogens is 1. The van der Waals surface area contributed by atoms with E-state index < -0.39 is 0 Å². The minimum Gasteiger partial charge on any atom is -0.457 e. The lowest BCUT2D eigenvalue weighted by molar-refractivity contribution is -0.116. The summed E-state index contributed by atoms with van der Waals surface area (Å²) in [7, 11) is 0.